The summed E-state index contributed by atoms with van der Waals surface area (Å²) >= 11 is 0. The standard InChI is InChI=1S/C14H22N6O/c1-9-7-13(18-14(15)17-9)16-8-12-10(2)19-20(11(12)3)5-6-21-4/h7H,5-6,8H2,1-4H3,(H3,15,16,17,18). The third kappa shape index (κ3) is 3.69. The predicted octanol–water partition coefficient (Wildman–Crippen LogP) is 1.44. The zero-order valence-electron chi connectivity index (χ0n) is 13.0. The van der Waals surface area contributed by atoms with Crippen LogP contribution in [0.1, 0.15) is 22.6 Å². The Morgan fingerprint density at radius 2 is 2.05 bits per heavy atom. The average molecular weight is 290 g/mol. The normalized spacial score (nSPS) is 10.9. The maximum Gasteiger partial charge on any atom is 0.222 e. The van der Waals surface area contributed by atoms with Gasteiger partial charge in [0.05, 0.1) is 18.8 Å². The number of methoxy groups -OCH3 is 1. The first kappa shape index (κ1) is 15.2. The van der Waals surface area contributed by atoms with Gasteiger partial charge in [-0.3, -0.25) is 4.68 Å². The van der Waals surface area contributed by atoms with Crippen molar-refractivity contribution < 1.29 is 4.74 Å². The van der Waals surface area contributed by atoms with Crippen LogP contribution in [0.2, 0.25) is 0 Å². The maximum atomic E-state index is 5.65. The first-order valence-corrected chi connectivity index (χ1v) is 6.88. The molecule has 114 valence electrons. The second-order valence-corrected chi connectivity index (χ2v) is 4.97. The van der Waals surface area contributed by atoms with E-state index in [2.05, 4.69) is 27.3 Å². The van der Waals surface area contributed by atoms with E-state index in [9.17, 15) is 0 Å². The number of nitrogens with one attached hydrogen (secondary N) is 1. The number of hydrogen-bond donors (Lipinski definition) is 2. The molecule has 0 bridgehead atoms. The number of nitrogens with two attached hydrogens (primary N) is 1. The molecule has 0 aliphatic heterocycles. The molecule has 2 heterocycles. The Balaban J connectivity index is 2.10. The second kappa shape index (κ2) is 6.53. The fourth-order valence-corrected chi connectivity index (χ4v) is 2.25. The lowest BCUT2D eigenvalue weighted by Crippen LogP contribution is -2.09. The molecular weight excluding hydrogens is 268 g/mol. The van der Waals surface area contributed by atoms with Crippen LogP contribution < -0.4 is 11.1 Å². The molecule has 21 heavy (non-hydrogen) atoms. The number of hydrogen-bond acceptors (Lipinski definition) is 6. The van der Waals surface area contributed by atoms with Gasteiger partial charge < -0.3 is 15.8 Å². The molecule has 3 N–H and O–H groups in total. The summed E-state index contributed by atoms with van der Waals surface area (Å²) in [6, 6.07) is 1.87. The second-order valence-electron chi connectivity index (χ2n) is 4.97. The van der Waals surface area contributed by atoms with Crippen molar-refractivity contribution in [1.29, 1.82) is 0 Å². The van der Waals surface area contributed by atoms with Crippen LogP contribution in [0, 0.1) is 20.8 Å². The van der Waals surface area contributed by atoms with E-state index in [1.807, 2.05) is 24.6 Å². The maximum absolute atomic E-state index is 5.65. The quantitative estimate of drug-likeness (QED) is 0.836. The molecule has 7 nitrogen and oxygen atoms in total. The smallest absolute Gasteiger partial charge is 0.222 e. The summed E-state index contributed by atoms with van der Waals surface area (Å²) in [6.07, 6.45) is 0. The Morgan fingerprint density at radius 3 is 2.71 bits per heavy atom. The largest absolute Gasteiger partial charge is 0.383 e. The highest BCUT2D eigenvalue weighted by Gasteiger charge is 2.11. The lowest BCUT2D eigenvalue weighted by Gasteiger charge is -2.08. The highest BCUT2D eigenvalue weighted by Crippen LogP contribution is 2.15. The van der Waals surface area contributed by atoms with Crippen LogP contribution in [0.5, 0.6) is 0 Å². The van der Waals surface area contributed by atoms with Gasteiger partial charge in [-0.1, -0.05) is 0 Å². The molecule has 0 spiro atoms. The molecule has 0 aliphatic rings. The molecule has 0 atom stereocenters. The Morgan fingerprint density at radius 1 is 1.29 bits per heavy atom. The van der Waals surface area contributed by atoms with Crippen LogP contribution in [-0.2, 0) is 17.8 Å². The summed E-state index contributed by atoms with van der Waals surface area (Å²) < 4.78 is 7.07. The molecule has 0 aliphatic carbocycles. The molecule has 0 saturated heterocycles. The van der Waals surface area contributed by atoms with Crippen LogP contribution in [-0.4, -0.2) is 33.5 Å². The van der Waals surface area contributed by atoms with Crippen molar-refractivity contribution in [1.82, 2.24) is 19.7 Å². The van der Waals surface area contributed by atoms with Crippen molar-refractivity contribution in [2.24, 2.45) is 0 Å². The zero-order valence-corrected chi connectivity index (χ0v) is 13.0. The van der Waals surface area contributed by atoms with E-state index in [-0.39, 0.29) is 5.95 Å². The molecule has 7 heteroatoms. The highest BCUT2D eigenvalue weighted by atomic mass is 16.5. The molecule has 0 aromatic carbocycles. The van der Waals surface area contributed by atoms with Crippen molar-refractivity contribution >= 4 is 11.8 Å². The summed E-state index contributed by atoms with van der Waals surface area (Å²) in [4.78, 5) is 8.23. The highest BCUT2D eigenvalue weighted by molar-refractivity contribution is 5.41. The molecule has 0 fully saturated rings. The Labute approximate surface area is 124 Å². The number of aromatic nitrogens is 4. The molecule has 0 unspecified atom stereocenters. The Kier molecular flexibility index (Phi) is 4.74. The fraction of sp³-hybridized carbons (Fsp3) is 0.500. The van der Waals surface area contributed by atoms with Gasteiger partial charge in [0.25, 0.3) is 0 Å². The van der Waals surface area contributed by atoms with Gasteiger partial charge in [-0.15, -0.1) is 0 Å². The first-order valence-electron chi connectivity index (χ1n) is 6.88. The minimum Gasteiger partial charge on any atom is -0.383 e. The topological polar surface area (TPSA) is 90.9 Å². The van der Waals surface area contributed by atoms with Crippen molar-refractivity contribution in [2.75, 3.05) is 24.8 Å². The van der Waals surface area contributed by atoms with Crippen LogP contribution >= 0.6 is 0 Å². The van der Waals surface area contributed by atoms with Gasteiger partial charge in [-0.05, 0) is 20.8 Å². The van der Waals surface area contributed by atoms with Gasteiger partial charge >= 0.3 is 0 Å². The molecule has 0 saturated carbocycles. The van der Waals surface area contributed by atoms with Gasteiger partial charge in [-0.2, -0.15) is 10.1 Å². The van der Waals surface area contributed by atoms with Gasteiger partial charge in [0.2, 0.25) is 5.95 Å². The van der Waals surface area contributed by atoms with Crippen LogP contribution in [0.4, 0.5) is 11.8 Å². The van der Waals surface area contributed by atoms with Gasteiger partial charge in [0.15, 0.2) is 0 Å². The number of ether oxygens (including phenoxy) is 1. The van der Waals surface area contributed by atoms with Gasteiger partial charge in [-0.25, -0.2) is 4.98 Å². The molecule has 0 radical (unpaired) electrons. The molecule has 0 amide bonds. The first-order chi connectivity index (χ1) is 10.0. The van der Waals surface area contributed by atoms with E-state index in [0.29, 0.717) is 13.2 Å². The fourth-order valence-electron chi connectivity index (χ4n) is 2.25. The molecule has 2 aromatic rings. The van der Waals surface area contributed by atoms with Crippen molar-refractivity contribution in [3.63, 3.8) is 0 Å². The molecule has 2 aromatic heterocycles. The average Bonchev–Trinajstić information content (AvgIpc) is 2.68. The van der Waals surface area contributed by atoms with Crippen LogP contribution in [0.3, 0.4) is 0 Å². The summed E-state index contributed by atoms with van der Waals surface area (Å²) in [7, 11) is 1.69. The summed E-state index contributed by atoms with van der Waals surface area (Å²) in [6.45, 7) is 8.02. The number of nitrogens with zero attached hydrogens (tertiary/aromatic N) is 4. The van der Waals surface area contributed by atoms with E-state index in [1.165, 1.54) is 5.56 Å². The van der Waals surface area contributed by atoms with E-state index < -0.39 is 0 Å². The number of nitrogen functional groups attached to an aromatic ring is 1. The zero-order chi connectivity index (χ0) is 15.4. The molecule has 2 rings (SSSR count). The van der Waals surface area contributed by atoms with Crippen molar-refractivity contribution in [2.45, 2.75) is 33.9 Å². The summed E-state index contributed by atoms with van der Waals surface area (Å²) in [5.74, 6) is 1.00. The van der Waals surface area contributed by atoms with Gasteiger partial charge in [0.1, 0.15) is 5.82 Å². The van der Waals surface area contributed by atoms with Crippen LogP contribution in [0.25, 0.3) is 0 Å². The summed E-state index contributed by atoms with van der Waals surface area (Å²) in [5, 5.41) is 7.81. The monoisotopic (exact) mass is 290 g/mol. The number of anilines is 2. The third-order valence-electron chi connectivity index (χ3n) is 3.36. The van der Waals surface area contributed by atoms with E-state index in [4.69, 9.17) is 10.5 Å². The number of aryl methyl sites for hydroxylation is 2. The van der Waals surface area contributed by atoms with E-state index in [1.54, 1.807) is 7.11 Å². The third-order valence-corrected chi connectivity index (χ3v) is 3.36. The minimum absolute atomic E-state index is 0.279. The van der Waals surface area contributed by atoms with Crippen molar-refractivity contribution in [3.8, 4) is 0 Å². The van der Waals surface area contributed by atoms with Gasteiger partial charge in [0, 0.05) is 36.7 Å². The van der Waals surface area contributed by atoms with E-state index >= 15 is 0 Å². The Hall–Kier alpha value is -2.15. The lowest BCUT2D eigenvalue weighted by molar-refractivity contribution is 0.182. The summed E-state index contributed by atoms with van der Waals surface area (Å²) in [5.41, 5.74) is 9.81. The predicted molar refractivity (Wildman–Crippen MR) is 82.1 cm³/mol. The minimum atomic E-state index is 0.279. The Bertz CT molecular complexity index is 602. The SMILES string of the molecule is COCCn1nc(C)c(CNc2cc(C)nc(N)n2)c1C. The lowest BCUT2D eigenvalue weighted by atomic mass is 10.2. The van der Waals surface area contributed by atoms with Crippen molar-refractivity contribution in [3.05, 3.63) is 28.7 Å². The van der Waals surface area contributed by atoms with Crippen LogP contribution in [0.15, 0.2) is 6.07 Å². The van der Waals surface area contributed by atoms with E-state index in [0.717, 1.165) is 29.4 Å². The number of rotatable bonds is 6. The molecular formula is C14H22N6O.